The standard InChI is InChI=1S/C11H16FNOS/c12-10-5-2-1-4-9(10)11(8-13)15-7-3-6-14/h1-2,4-5,11,14H,3,6-8,13H2. The Kier molecular flexibility index (Phi) is 5.68. The van der Waals surface area contributed by atoms with Crippen LogP contribution in [0.15, 0.2) is 24.3 Å². The lowest BCUT2D eigenvalue weighted by molar-refractivity contribution is 0.296. The number of halogens is 1. The molecular weight excluding hydrogens is 213 g/mol. The minimum Gasteiger partial charge on any atom is -0.396 e. The maximum absolute atomic E-state index is 13.4. The molecule has 0 saturated heterocycles. The predicted molar refractivity (Wildman–Crippen MR) is 62.4 cm³/mol. The van der Waals surface area contributed by atoms with Crippen molar-refractivity contribution >= 4 is 11.8 Å². The third-order valence-corrected chi connectivity index (χ3v) is 3.46. The van der Waals surface area contributed by atoms with Gasteiger partial charge in [-0.05, 0) is 18.2 Å². The molecule has 1 rings (SSSR count). The lowest BCUT2D eigenvalue weighted by Gasteiger charge is -2.15. The van der Waals surface area contributed by atoms with Crippen LogP contribution >= 0.6 is 11.8 Å². The van der Waals surface area contributed by atoms with E-state index in [1.807, 2.05) is 6.07 Å². The molecule has 2 nitrogen and oxygen atoms in total. The normalized spacial score (nSPS) is 12.7. The fraction of sp³-hybridized carbons (Fsp3) is 0.455. The summed E-state index contributed by atoms with van der Waals surface area (Å²) >= 11 is 1.59. The van der Waals surface area contributed by atoms with Crippen LogP contribution in [0.5, 0.6) is 0 Å². The molecule has 0 aliphatic rings. The summed E-state index contributed by atoms with van der Waals surface area (Å²) in [5.41, 5.74) is 6.26. The summed E-state index contributed by atoms with van der Waals surface area (Å²) in [6, 6.07) is 6.70. The van der Waals surface area contributed by atoms with Crippen LogP contribution in [-0.4, -0.2) is 24.0 Å². The van der Waals surface area contributed by atoms with Gasteiger partial charge in [-0.1, -0.05) is 18.2 Å². The summed E-state index contributed by atoms with van der Waals surface area (Å²) in [5.74, 6) is 0.594. The summed E-state index contributed by atoms with van der Waals surface area (Å²) in [4.78, 5) is 0. The van der Waals surface area contributed by atoms with Gasteiger partial charge in [0, 0.05) is 24.0 Å². The van der Waals surface area contributed by atoms with Crippen molar-refractivity contribution in [2.45, 2.75) is 11.7 Å². The summed E-state index contributed by atoms with van der Waals surface area (Å²) < 4.78 is 13.4. The van der Waals surface area contributed by atoms with Crippen molar-refractivity contribution in [3.05, 3.63) is 35.6 Å². The Hall–Kier alpha value is -0.580. The van der Waals surface area contributed by atoms with E-state index in [2.05, 4.69) is 0 Å². The molecule has 15 heavy (non-hydrogen) atoms. The van der Waals surface area contributed by atoms with E-state index in [4.69, 9.17) is 10.8 Å². The highest BCUT2D eigenvalue weighted by molar-refractivity contribution is 7.99. The molecule has 1 atom stereocenters. The molecule has 0 radical (unpaired) electrons. The number of rotatable bonds is 6. The molecule has 0 aliphatic heterocycles. The molecule has 4 heteroatoms. The Balaban J connectivity index is 2.61. The van der Waals surface area contributed by atoms with Gasteiger partial charge in [-0.25, -0.2) is 4.39 Å². The maximum atomic E-state index is 13.4. The molecule has 84 valence electrons. The van der Waals surface area contributed by atoms with Crippen LogP contribution in [0.1, 0.15) is 17.2 Å². The van der Waals surface area contributed by atoms with Crippen LogP contribution in [0.25, 0.3) is 0 Å². The van der Waals surface area contributed by atoms with E-state index < -0.39 is 0 Å². The molecule has 1 unspecified atom stereocenters. The number of aliphatic hydroxyl groups is 1. The fourth-order valence-corrected chi connectivity index (χ4v) is 2.40. The SMILES string of the molecule is NCC(SCCCO)c1ccccc1F. The molecule has 0 spiro atoms. The van der Waals surface area contributed by atoms with Crippen LogP contribution in [0, 0.1) is 5.82 Å². The Morgan fingerprint density at radius 1 is 1.40 bits per heavy atom. The van der Waals surface area contributed by atoms with Crippen molar-refractivity contribution in [2.75, 3.05) is 18.9 Å². The smallest absolute Gasteiger partial charge is 0.127 e. The summed E-state index contributed by atoms with van der Waals surface area (Å²) in [6.07, 6.45) is 0.718. The average molecular weight is 229 g/mol. The zero-order valence-corrected chi connectivity index (χ0v) is 9.34. The van der Waals surface area contributed by atoms with Gasteiger partial charge in [0.05, 0.1) is 0 Å². The molecule has 0 aliphatic carbocycles. The van der Waals surface area contributed by atoms with E-state index in [9.17, 15) is 4.39 Å². The predicted octanol–water partition coefficient (Wildman–Crippen LogP) is 1.94. The minimum atomic E-state index is -0.204. The number of aliphatic hydroxyl groups excluding tert-OH is 1. The lowest BCUT2D eigenvalue weighted by atomic mass is 10.1. The molecule has 0 heterocycles. The second kappa shape index (κ2) is 6.82. The average Bonchev–Trinajstić information content (AvgIpc) is 2.26. The van der Waals surface area contributed by atoms with E-state index in [0.717, 1.165) is 12.2 Å². The first-order valence-corrected chi connectivity index (χ1v) is 6.01. The zero-order chi connectivity index (χ0) is 11.1. The number of thioether (sulfide) groups is 1. The highest BCUT2D eigenvalue weighted by Crippen LogP contribution is 2.29. The van der Waals surface area contributed by atoms with Gasteiger partial charge in [-0.3, -0.25) is 0 Å². The van der Waals surface area contributed by atoms with E-state index >= 15 is 0 Å². The number of nitrogens with two attached hydrogens (primary N) is 1. The molecule has 1 aromatic carbocycles. The van der Waals surface area contributed by atoms with Gasteiger partial charge >= 0.3 is 0 Å². The Bertz CT molecular complexity index is 296. The van der Waals surface area contributed by atoms with Crippen molar-refractivity contribution in [3.8, 4) is 0 Å². The molecule has 0 amide bonds. The third kappa shape index (κ3) is 3.81. The van der Waals surface area contributed by atoms with Crippen LogP contribution in [-0.2, 0) is 0 Å². The van der Waals surface area contributed by atoms with Crippen molar-refractivity contribution in [2.24, 2.45) is 5.73 Å². The van der Waals surface area contributed by atoms with Crippen molar-refractivity contribution in [3.63, 3.8) is 0 Å². The van der Waals surface area contributed by atoms with Gasteiger partial charge in [0.15, 0.2) is 0 Å². The molecule has 0 bridgehead atoms. The van der Waals surface area contributed by atoms with Gasteiger partial charge < -0.3 is 10.8 Å². The first kappa shape index (κ1) is 12.5. The number of hydrogen-bond donors (Lipinski definition) is 2. The molecule has 0 fully saturated rings. The second-order valence-electron chi connectivity index (χ2n) is 3.19. The molecule has 1 aromatic rings. The summed E-state index contributed by atoms with van der Waals surface area (Å²) in [7, 11) is 0. The fourth-order valence-electron chi connectivity index (χ4n) is 1.31. The first-order chi connectivity index (χ1) is 7.29. The number of benzene rings is 1. The molecular formula is C11H16FNOS. The Morgan fingerprint density at radius 2 is 2.13 bits per heavy atom. The minimum absolute atomic E-state index is 0.0160. The van der Waals surface area contributed by atoms with E-state index in [0.29, 0.717) is 12.1 Å². The maximum Gasteiger partial charge on any atom is 0.127 e. The van der Waals surface area contributed by atoms with E-state index in [1.54, 1.807) is 23.9 Å². The van der Waals surface area contributed by atoms with Crippen molar-refractivity contribution in [1.29, 1.82) is 0 Å². The summed E-state index contributed by atoms with van der Waals surface area (Å²) in [5, 5.41) is 8.64. The lowest BCUT2D eigenvalue weighted by Crippen LogP contribution is -2.11. The van der Waals surface area contributed by atoms with E-state index in [1.165, 1.54) is 6.07 Å². The van der Waals surface area contributed by atoms with Crippen LogP contribution in [0.2, 0.25) is 0 Å². The summed E-state index contributed by atoms with van der Waals surface area (Å²) in [6.45, 7) is 0.582. The van der Waals surface area contributed by atoms with Gasteiger partial charge in [-0.2, -0.15) is 11.8 Å². The monoisotopic (exact) mass is 229 g/mol. The highest BCUT2D eigenvalue weighted by atomic mass is 32.2. The van der Waals surface area contributed by atoms with Crippen molar-refractivity contribution in [1.82, 2.24) is 0 Å². The number of hydrogen-bond acceptors (Lipinski definition) is 3. The molecule has 3 N–H and O–H groups in total. The van der Waals surface area contributed by atoms with Gasteiger partial charge in [-0.15, -0.1) is 0 Å². The topological polar surface area (TPSA) is 46.2 Å². The van der Waals surface area contributed by atoms with Gasteiger partial charge in [0.1, 0.15) is 5.82 Å². The zero-order valence-electron chi connectivity index (χ0n) is 8.53. The van der Waals surface area contributed by atoms with Crippen LogP contribution < -0.4 is 5.73 Å². The second-order valence-corrected chi connectivity index (χ2v) is 4.50. The molecule has 0 saturated carbocycles. The van der Waals surface area contributed by atoms with Crippen LogP contribution in [0.3, 0.4) is 0 Å². The quantitative estimate of drug-likeness (QED) is 0.733. The van der Waals surface area contributed by atoms with Gasteiger partial charge in [0.25, 0.3) is 0 Å². The van der Waals surface area contributed by atoms with E-state index in [-0.39, 0.29) is 17.7 Å². The Labute approximate surface area is 93.7 Å². The Morgan fingerprint density at radius 3 is 2.73 bits per heavy atom. The van der Waals surface area contributed by atoms with Gasteiger partial charge in [0.2, 0.25) is 0 Å². The third-order valence-electron chi connectivity index (χ3n) is 2.09. The first-order valence-electron chi connectivity index (χ1n) is 4.96. The van der Waals surface area contributed by atoms with Crippen molar-refractivity contribution < 1.29 is 9.50 Å². The molecule has 0 aromatic heterocycles. The highest BCUT2D eigenvalue weighted by Gasteiger charge is 2.13. The van der Waals surface area contributed by atoms with Crippen LogP contribution in [0.4, 0.5) is 4.39 Å². The largest absolute Gasteiger partial charge is 0.396 e.